The number of carbonyl (C=O) groups is 2. The molecular weight excluding hydrogens is 368 g/mol. The third kappa shape index (κ3) is 3.80. The predicted molar refractivity (Wildman–Crippen MR) is 104 cm³/mol. The molecule has 0 aromatic heterocycles. The van der Waals surface area contributed by atoms with Crippen LogP contribution in [-0.2, 0) is 4.79 Å². The quantitative estimate of drug-likeness (QED) is 0.464. The Labute approximate surface area is 161 Å². The number of urea groups is 1. The highest BCUT2D eigenvalue weighted by Gasteiger charge is 2.34. The van der Waals surface area contributed by atoms with E-state index in [0.717, 1.165) is 4.90 Å². The molecule has 0 unspecified atom stereocenters. The van der Waals surface area contributed by atoms with Crippen LogP contribution in [0.15, 0.2) is 60.8 Å². The first-order valence-corrected chi connectivity index (χ1v) is 8.46. The van der Waals surface area contributed by atoms with E-state index in [2.05, 4.69) is 11.9 Å². The summed E-state index contributed by atoms with van der Waals surface area (Å²) in [6.07, 6.45) is 3.13. The second-order valence-corrected chi connectivity index (χ2v) is 6.01. The van der Waals surface area contributed by atoms with Gasteiger partial charge in [0.2, 0.25) is 0 Å². The van der Waals surface area contributed by atoms with Crippen LogP contribution in [0.2, 0.25) is 5.02 Å². The fourth-order valence-corrected chi connectivity index (χ4v) is 2.89. The van der Waals surface area contributed by atoms with Gasteiger partial charge in [0.15, 0.2) is 11.5 Å². The number of rotatable bonds is 6. The summed E-state index contributed by atoms with van der Waals surface area (Å²) in [7, 11) is 1.49. The summed E-state index contributed by atoms with van der Waals surface area (Å²) < 4.78 is 10.8. The number of imide groups is 1. The maximum absolute atomic E-state index is 12.6. The van der Waals surface area contributed by atoms with Gasteiger partial charge < -0.3 is 14.8 Å². The number of anilines is 1. The molecule has 1 N–H and O–H groups in total. The Kier molecular flexibility index (Phi) is 5.47. The van der Waals surface area contributed by atoms with Gasteiger partial charge in [-0.3, -0.25) is 4.79 Å². The maximum atomic E-state index is 12.6. The lowest BCUT2D eigenvalue weighted by atomic mass is 10.1. The van der Waals surface area contributed by atoms with Crippen LogP contribution in [0, 0.1) is 0 Å². The van der Waals surface area contributed by atoms with E-state index < -0.39 is 11.9 Å². The van der Waals surface area contributed by atoms with Gasteiger partial charge in [-0.25, -0.2) is 9.69 Å². The van der Waals surface area contributed by atoms with E-state index in [4.69, 9.17) is 21.1 Å². The fourth-order valence-electron chi connectivity index (χ4n) is 2.62. The molecule has 1 fully saturated rings. The zero-order chi connectivity index (χ0) is 19.4. The van der Waals surface area contributed by atoms with Crippen molar-refractivity contribution in [2.24, 2.45) is 0 Å². The van der Waals surface area contributed by atoms with Crippen LogP contribution < -0.4 is 19.7 Å². The van der Waals surface area contributed by atoms with E-state index in [1.807, 2.05) is 6.07 Å². The summed E-state index contributed by atoms with van der Waals surface area (Å²) in [5.74, 6) is 0.343. The number of halogens is 1. The molecule has 3 amide bonds. The van der Waals surface area contributed by atoms with Crippen LogP contribution in [-0.4, -0.2) is 25.7 Å². The van der Waals surface area contributed by atoms with Crippen molar-refractivity contribution in [2.75, 3.05) is 18.6 Å². The Hall–Kier alpha value is -3.25. The maximum Gasteiger partial charge on any atom is 0.333 e. The van der Waals surface area contributed by atoms with Gasteiger partial charge in [-0.05, 0) is 35.9 Å². The van der Waals surface area contributed by atoms with Gasteiger partial charge in [-0.2, -0.15) is 0 Å². The smallest absolute Gasteiger partial charge is 0.333 e. The van der Waals surface area contributed by atoms with Crippen LogP contribution in [0.4, 0.5) is 10.5 Å². The van der Waals surface area contributed by atoms with E-state index in [0.29, 0.717) is 27.8 Å². The molecule has 6 nitrogen and oxygen atoms in total. The molecule has 3 rings (SSSR count). The normalized spacial score (nSPS) is 15.0. The van der Waals surface area contributed by atoms with Crippen LogP contribution in [0.5, 0.6) is 11.5 Å². The Morgan fingerprint density at radius 1 is 1.22 bits per heavy atom. The Morgan fingerprint density at radius 2 is 1.96 bits per heavy atom. The second kappa shape index (κ2) is 7.97. The number of amides is 3. The lowest BCUT2D eigenvalue weighted by Crippen LogP contribution is -2.30. The first kappa shape index (κ1) is 18.5. The van der Waals surface area contributed by atoms with Crippen molar-refractivity contribution in [1.29, 1.82) is 0 Å². The van der Waals surface area contributed by atoms with Crippen molar-refractivity contribution in [3.05, 3.63) is 71.4 Å². The highest BCUT2D eigenvalue weighted by molar-refractivity contribution is 6.32. The molecule has 2 aromatic carbocycles. The minimum Gasteiger partial charge on any atom is -0.493 e. The van der Waals surface area contributed by atoms with Gasteiger partial charge in [-0.1, -0.05) is 42.5 Å². The Morgan fingerprint density at radius 3 is 2.63 bits per heavy atom. The van der Waals surface area contributed by atoms with Crippen LogP contribution in [0.1, 0.15) is 5.56 Å². The summed E-state index contributed by atoms with van der Waals surface area (Å²) in [4.78, 5) is 25.9. The molecule has 0 saturated carbocycles. The van der Waals surface area contributed by atoms with Crippen molar-refractivity contribution in [3.8, 4) is 11.5 Å². The SMILES string of the molecule is C=CCOc1c(Cl)cc(/C=C2\NC(=O)N(c3ccccc3)C2=O)cc1OC. The minimum atomic E-state index is -0.513. The molecule has 0 bridgehead atoms. The van der Waals surface area contributed by atoms with Crippen molar-refractivity contribution in [2.45, 2.75) is 0 Å². The molecule has 0 aliphatic carbocycles. The van der Waals surface area contributed by atoms with Crippen LogP contribution >= 0.6 is 11.6 Å². The summed E-state index contributed by atoms with van der Waals surface area (Å²) in [5.41, 5.74) is 1.22. The first-order chi connectivity index (χ1) is 13.0. The zero-order valence-electron chi connectivity index (χ0n) is 14.6. The zero-order valence-corrected chi connectivity index (χ0v) is 15.3. The summed E-state index contributed by atoms with van der Waals surface area (Å²) >= 11 is 6.27. The summed E-state index contributed by atoms with van der Waals surface area (Å²) in [6.45, 7) is 3.87. The summed E-state index contributed by atoms with van der Waals surface area (Å²) in [6, 6.07) is 11.5. The van der Waals surface area contributed by atoms with Crippen LogP contribution in [0.3, 0.4) is 0 Å². The molecular formula is C20H17ClN2O4. The third-order valence-electron chi connectivity index (χ3n) is 3.80. The van der Waals surface area contributed by atoms with Gasteiger partial charge in [0.1, 0.15) is 12.3 Å². The van der Waals surface area contributed by atoms with Crippen molar-refractivity contribution >= 4 is 35.3 Å². The van der Waals surface area contributed by atoms with Crippen LogP contribution in [0.25, 0.3) is 6.08 Å². The summed E-state index contributed by atoms with van der Waals surface area (Å²) in [5, 5.41) is 2.90. The minimum absolute atomic E-state index is 0.140. The predicted octanol–water partition coefficient (Wildman–Crippen LogP) is 4.01. The van der Waals surface area contributed by atoms with Gasteiger partial charge in [0, 0.05) is 0 Å². The molecule has 27 heavy (non-hydrogen) atoms. The molecule has 0 spiro atoms. The number of benzene rings is 2. The Balaban J connectivity index is 1.93. The lowest BCUT2D eigenvalue weighted by molar-refractivity contribution is -0.113. The number of hydrogen-bond donors (Lipinski definition) is 1. The number of hydrogen-bond acceptors (Lipinski definition) is 4. The molecule has 7 heteroatoms. The van der Waals surface area contributed by atoms with Crippen molar-refractivity contribution < 1.29 is 19.1 Å². The van der Waals surface area contributed by atoms with E-state index in [9.17, 15) is 9.59 Å². The van der Waals surface area contributed by atoms with E-state index in [1.54, 1.807) is 42.5 Å². The average Bonchev–Trinajstić information content (AvgIpc) is 2.94. The van der Waals surface area contributed by atoms with Gasteiger partial charge in [0.05, 0.1) is 17.8 Å². The standard InChI is InChI=1S/C20H17ClN2O4/c1-3-9-27-18-15(21)10-13(12-17(18)26-2)11-16-19(24)23(20(25)22-16)14-7-5-4-6-8-14/h3-8,10-12H,1,9H2,2H3,(H,22,25)/b16-11-. The highest BCUT2D eigenvalue weighted by Crippen LogP contribution is 2.37. The second-order valence-electron chi connectivity index (χ2n) is 5.60. The number of ether oxygens (including phenoxy) is 2. The fraction of sp³-hybridized carbons (Fsp3) is 0.100. The number of carbonyl (C=O) groups excluding carboxylic acids is 2. The van der Waals surface area contributed by atoms with E-state index >= 15 is 0 Å². The molecule has 1 heterocycles. The van der Waals surface area contributed by atoms with Gasteiger partial charge >= 0.3 is 6.03 Å². The van der Waals surface area contributed by atoms with E-state index in [-0.39, 0.29) is 12.3 Å². The Bertz CT molecular complexity index is 925. The molecule has 2 aromatic rings. The van der Waals surface area contributed by atoms with Crippen molar-refractivity contribution in [1.82, 2.24) is 5.32 Å². The largest absolute Gasteiger partial charge is 0.493 e. The van der Waals surface area contributed by atoms with E-state index in [1.165, 1.54) is 13.2 Å². The van der Waals surface area contributed by atoms with Crippen molar-refractivity contribution in [3.63, 3.8) is 0 Å². The lowest BCUT2D eigenvalue weighted by Gasteiger charge is -2.12. The van der Waals surface area contributed by atoms with Gasteiger partial charge in [0.25, 0.3) is 5.91 Å². The van der Waals surface area contributed by atoms with Gasteiger partial charge in [-0.15, -0.1) is 0 Å². The third-order valence-corrected chi connectivity index (χ3v) is 4.08. The molecule has 1 aliphatic heterocycles. The molecule has 138 valence electrons. The molecule has 1 aliphatic rings. The first-order valence-electron chi connectivity index (χ1n) is 8.08. The number of para-hydroxylation sites is 1. The topological polar surface area (TPSA) is 67.9 Å². The molecule has 0 atom stereocenters. The molecule has 1 saturated heterocycles. The average molecular weight is 385 g/mol. The number of nitrogens with one attached hydrogen (secondary N) is 1. The number of nitrogens with zero attached hydrogens (tertiary/aromatic N) is 1. The molecule has 0 radical (unpaired) electrons. The highest BCUT2D eigenvalue weighted by atomic mass is 35.5. The number of methoxy groups -OCH3 is 1. The monoisotopic (exact) mass is 384 g/mol.